The number of phenols is 1. The van der Waals surface area contributed by atoms with Gasteiger partial charge < -0.3 is 5.11 Å². The summed E-state index contributed by atoms with van der Waals surface area (Å²) in [6.45, 7) is 4.40. The van der Waals surface area contributed by atoms with E-state index < -0.39 is 0 Å². The number of nitrogens with zero attached hydrogens (tertiary/aromatic N) is 1. The smallest absolute Gasteiger partial charge is 0.124 e. The molecule has 2 aromatic carbocycles. The van der Waals surface area contributed by atoms with Crippen molar-refractivity contribution in [2.45, 2.75) is 63.7 Å². The molecule has 4 fully saturated rings. The Kier molecular flexibility index (Phi) is 4.34. The van der Waals surface area contributed by atoms with E-state index in [0.717, 1.165) is 29.0 Å². The van der Waals surface area contributed by atoms with E-state index in [1.807, 2.05) is 12.3 Å². The zero-order valence-electron chi connectivity index (χ0n) is 17.1. The van der Waals surface area contributed by atoms with Gasteiger partial charge in [-0.1, -0.05) is 32.0 Å². The standard InChI is InChI=1S/C26H31NO/c1-17(2)21-3-6-24(7-4-21)27-16-22-12-23(5-8-25(22)28)26-13-18-9-19(14-26)11-20(10-18)15-26/h3-8,12,16-20,28H,9-11,13-15H2,1-2H3. The molecule has 4 aliphatic rings. The number of aromatic hydroxyl groups is 1. The molecule has 2 heteroatoms. The van der Waals surface area contributed by atoms with E-state index in [2.05, 4.69) is 55.2 Å². The van der Waals surface area contributed by atoms with Crippen molar-refractivity contribution in [3.63, 3.8) is 0 Å². The fourth-order valence-electron chi connectivity index (χ4n) is 6.54. The van der Waals surface area contributed by atoms with Crippen LogP contribution in [0.5, 0.6) is 5.75 Å². The Morgan fingerprint density at radius 2 is 1.54 bits per heavy atom. The lowest BCUT2D eigenvalue weighted by molar-refractivity contribution is -0.00520. The molecule has 4 bridgehead atoms. The van der Waals surface area contributed by atoms with Crippen molar-refractivity contribution in [3.05, 3.63) is 59.2 Å². The maximum Gasteiger partial charge on any atom is 0.124 e. The molecule has 0 saturated heterocycles. The van der Waals surface area contributed by atoms with E-state index in [0.29, 0.717) is 17.1 Å². The molecular formula is C26H31NO. The number of phenolic OH excluding ortho intramolecular Hbond substituents is 1. The lowest BCUT2D eigenvalue weighted by atomic mass is 9.48. The maximum atomic E-state index is 10.4. The van der Waals surface area contributed by atoms with Gasteiger partial charge >= 0.3 is 0 Å². The van der Waals surface area contributed by atoms with Crippen molar-refractivity contribution in [2.75, 3.05) is 0 Å². The first-order chi connectivity index (χ1) is 13.5. The molecule has 4 aliphatic carbocycles. The predicted octanol–water partition coefficient (Wildman–Crippen LogP) is 6.73. The normalized spacial score (nSPS) is 31.2. The van der Waals surface area contributed by atoms with E-state index in [4.69, 9.17) is 0 Å². The van der Waals surface area contributed by atoms with Crippen molar-refractivity contribution < 1.29 is 5.11 Å². The van der Waals surface area contributed by atoms with Crippen molar-refractivity contribution in [1.29, 1.82) is 0 Å². The van der Waals surface area contributed by atoms with Gasteiger partial charge in [0, 0.05) is 11.8 Å². The summed E-state index contributed by atoms with van der Waals surface area (Å²) >= 11 is 0. The van der Waals surface area contributed by atoms with Crippen LogP contribution in [-0.4, -0.2) is 11.3 Å². The van der Waals surface area contributed by atoms with Crippen LogP contribution in [0.2, 0.25) is 0 Å². The Bertz CT molecular complexity index is 858. The highest BCUT2D eigenvalue weighted by molar-refractivity contribution is 5.85. The van der Waals surface area contributed by atoms with Crippen LogP contribution >= 0.6 is 0 Å². The SMILES string of the molecule is CC(C)c1ccc(N=Cc2cc(C34CC5CC(CC(C5)C3)C4)ccc2O)cc1. The minimum absolute atomic E-state index is 0.330. The third-order valence-electron chi connectivity index (χ3n) is 7.59. The molecule has 0 atom stereocenters. The average Bonchev–Trinajstić information content (AvgIpc) is 2.66. The molecule has 0 radical (unpaired) electrons. The fourth-order valence-corrected chi connectivity index (χ4v) is 6.54. The molecule has 4 saturated carbocycles. The van der Waals surface area contributed by atoms with Crippen LogP contribution < -0.4 is 0 Å². The van der Waals surface area contributed by atoms with Gasteiger partial charge in [-0.15, -0.1) is 0 Å². The van der Waals surface area contributed by atoms with Gasteiger partial charge in [0.25, 0.3) is 0 Å². The van der Waals surface area contributed by atoms with Crippen LogP contribution in [0.1, 0.15) is 75.0 Å². The third-order valence-corrected chi connectivity index (χ3v) is 7.59. The molecule has 0 aliphatic heterocycles. The summed E-state index contributed by atoms with van der Waals surface area (Å²) in [4.78, 5) is 4.64. The molecule has 1 N–H and O–H groups in total. The number of rotatable bonds is 4. The van der Waals surface area contributed by atoms with E-state index in [1.165, 1.54) is 49.7 Å². The summed E-state index contributed by atoms with van der Waals surface area (Å²) in [6.07, 6.45) is 10.2. The van der Waals surface area contributed by atoms with Gasteiger partial charge in [0.05, 0.1) is 5.69 Å². The van der Waals surface area contributed by atoms with E-state index in [-0.39, 0.29) is 0 Å². The zero-order valence-corrected chi connectivity index (χ0v) is 17.1. The first-order valence-electron chi connectivity index (χ1n) is 11.0. The summed E-state index contributed by atoms with van der Waals surface area (Å²) in [5.74, 6) is 3.64. The zero-order chi connectivity index (χ0) is 19.3. The molecule has 2 aromatic rings. The van der Waals surface area contributed by atoms with Gasteiger partial charge in [-0.05, 0) is 103 Å². The second kappa shape index (κ2) is 6.76. The number of aliphatic imine (C=N–C) groups is 1. The largest absolute Gasteiger partial charge is 0.507 e. The molecule has 6 rings (SSSR count). The van der Waals surface area contributed by atoms with Gasteiger partial charge in [-0.3, -0.25) is 4.99 Å². The summed E-state index contributed by atoms with van der Waals surface area (Å²) in [5, 5.41) is 10.4. The highest BCUT2D eigenvalue weighted by Crippen LogP contribution is 2.60. The minimum atomic E-state index is 0.330. The van der Waals surface area contributed by atoms with E-state index in [9.17, 15) is 5.11 Å². The molecule has 2 nitrogen and oxygen atoms in total. The fraction of sp³-hybridized carbons (Fsp3) is 0.500. The lowest BCUT2D eigenvalue weighted by Crippen LogP contribution is -2.48. The van der Waals surface area contributed by atoms with Gasteiger partial charge in [0.1, 0.15) is 5.75 Å². The first-order valence-corrected chi connectivity index (χ1v) is 11.0. The van der Waals surface area contributed by atoms with Gasteiger partial charge in [-0.25, -0.2) is 0 Å². The topological polar surface area (TPSA) is 32.6 Å². The second-order valence-corrected chi connectivity index (χ2v) is 9.98. The lowest BCUT2D eigenvalue weighted by Gasteiger charge is -2.57. The van der Waals surface area contributed by atoms with E-state index >= 15 is 0 Å². The highest BCUT2D eigenvalue weighted by atomic mass is 16.3. The molecule has 0 amide bonds. The monoisotopic (exact) mass is 373 g/mol. The minimum Gasteiger partial charge on any atom is -0.507 e. The van der Waals surface area contributed by atoms with Crippen LogP contribution in [0.15, 0.2) is 47.5 Å². The van der Waals surface area contributed by atoms with Crippen LogP contribution in [-0.2, 0) is 5.41 Å². The molecule has 0 unspecified atom stereocenters. The van der Waals surface area contributed by atoms with Crippen molar-refractivity contribution in [1.82, 2.24) is 0 Å². The van der Waals surface area contributed by atoms with Gasteiger partial charge in [0.15, 0.2) is 0 Å². The maximum absolute atomic E-state index is 10.4. The summed E-state index contributed by atoms with van der Waals surface area (Å²) in [5.41, 5.74) is 4.89. The Labute approximate surface area is 168 Å². The van der Waals surface area contributed by atoms with Gasteiger partial charge in [0.2, 0.25) is 0 Å². The average molecular weight is 374 g/mol. The summed E-state index contributed by atoms with van der Waals surface area (Å²) in [6, 6.07) is 14.7. The van der Waals surface area contributed by atoms with Crippen molar-refractivity contribution >= 4 is 11.9 Å². The Morgan fingerprint density at radius 3 is 2.11 bits per heavy atom. The second-order valence-electron chi connectivity index (χ2n) is 9.98. The number of hydrogen-bond acceptors (Lipinski definition) is 2. The molecular weight excluding hydrogens is 342 g/mol. The van der Waals surface area contributed by atoms with Crippen molar-refractivity contribution in [3.8, 4) is 5.75 Å². The molecule has 0 heterocycles. The molecule has 0 spiro atoms. The third kappa shape index (κ3) is 3.17. The Hall–Kier alpha value is -2.09. The summed E-state index contributed by atoms with van der Waals surface area (Å²) in [7, 11) is 0. The number of benzene rings is 2. The van der Waals surface area contributed by atoms with Crippen LogP contribution in [0.3, 0.4) is 0 Å². The highest BCUT2D eigenvalue weighted by Gasteiger charge is 2.51. The van der Waals surface area contributed by atoms with Crippen molar-refractivity contribution in [2.24, 2.45) is 22.7 Å². The Balaban J connectivity index is 1.42. The quantitative estimate of drug-likeness (QED) is 0.592. The first kappa shape index (κ1) is 18.0. The van der Waals surface area contributed by atoms with E-state index in [1.54, 1.807) is 0 Å². The van der Waals surface area contributed by atoms with Crippen LogP contribution in [0.4, 0.5) is 5.69 Å². The summed E-state index contributed by atoms with van der Waals surface area (Å²) < 4.78 is 0. The van der Waals surface area contributed by atoms with Gasteiger partial charge in [-0.2, -0.15) is 0 Å². The molecule has 146 valence electrons. The molecule has 28 heavy (non-hydrogen) atoms. The predicted molar refractivity (Wildman–Crippen MR) is 116 cm³/mol. The Morgan fingerprint density at radius 1 is 0.929 bits per heavy atom. The molecule has 0 aromatic heterocycles. The number of hydrogen-bond donors (Lipinski definition) is 1. The van der Waals surface area contributed by atoms with Crippen LogP contribution in [0.25, 0.3) is 0 Å². The van der Waals surface area contributed by atoms with Crippen LogP contribution in [0, 0.1) is 17.8 Å².